The molecule has 100 valence electrons. The summed E-state index contributed by atoms with van der Waals surface area (Å²) in [5, 5.41) is 2.96. The Morgan fingerprint density at radius 3 is 2.95 bits per heavy atom. The zero-order valence-corrected chi connectivity index (χ0v) is 10.7. The van der Waals surface area contributed by atoms with Gasteiger partial charge in [-0.25, -0.2) is 4.79 Å². The zero-order valence-electron chi connectivity index (χ0n) is 10.7. The van der Waals surface area contributed by atoms with E-state index in [0.717, 1.165) is 31.2 Å². The number of nitrogens with zero attached hydrogens (tertiary/aromatic N) is 2. The SMILES string of the molecule is O=C1NC2CCCCC2C(=O)N1Cc1cccnc1. The highest BCUT2D eigenvalue weighted by Gasteiger charge is 2.41. The highest BCUT2D eigenvalue weighted by molar-refractivity contribution is 5.98. The Balaban J connectivity index is 1.77. The van der Waals surface area contributed by atoms with Gasteiger partial charge in [-0.3, -0.25) is 14.7 Å². The van der Waals surface area contributed by atoms with Gasteiger partial charge in [0.15, 0.2) is 0 Å². The number of imide groups is 1. The number of urea groups is 1. The summed E-state index contributed by atoms with van der Waals surface area (Å²) < 4.78 is 0. The van der Waals surface area contributed by atoms with E-state index in [0.29, 0.717) is 6.54 Å². The van der Waals surface area contributed by atoms with Gasteiger partial charge >= 0.3 is 6.03 Å². The first-order valence-electron chi connectivity index (χ1n) is 6.76. The van der Waals surface area contributed by atoms with Crippen molar-refractivity contribution in [1.82, 2.24) is 15.2 Å². The minimum absolute atomic E-state index is 0.0303. The van der Waals surface area contributed by atoms with Gasteiger partial charge in [-0.1, -0.05) is 18.9 Å². The van der Waals surface area contributed by atoms with Gasteiger partial charge in [0.25, 0.3) is 0 Å². The molecule has 1 aromatic heterocycles. The molecule has 2 unspecified atom stereocenters. The van der Waals surface area contributed by atoms with Crippen LogP contribution in [-0.2, 0) is 11.3 Å². The summed E-state index contributed by atoms with van der Waals surface area (Å²) in [7, 11) is 0. The lowest BCUT2D eigenvalue weighted by molar-refractivity contribution is -0.137. The van der Waals surface area contributed by atoms with Crippen LogP contribution in [0.15, 0.2) is 24.5 Å². The lowest BCUT2D eigenvalue weighted by Crippen LogP contribution is -2.60. The molecule has 0 radical (unpaired) electrons. The molecule has 5 nitrogen and oxygen atoms in total. The van der Waals surface area contributed by atoms with Gasteiger partial charge in [-0.05, 0) is 24.5 Å². The molecular formula is C14H17N3O2. The van der Waals surface area contributed by atoms with Crippen LogP contribution in [0, 0.1) is 5.92 Å². The standard InChI is InChI=1S/C14H17N3O2/c18-13-11-5-1-2-6-12(11)16-14(19)17(13)9-10-4-3-7-15-8-10/h3-4,7-8,11-12H,1-2,5-6,9H2,(H,16,19). The molecule has 0 bridgehead atoms. The minimum atomic E-state index is -0.267. The van der Waals surface area contributed by atoms with E-state index in [9.17, 15) is 9.59 Å². The van der Waals surface area contributed by atoms with Gasteiger partial charge in [-0.15, -0.1) is 0 Å². The summed E-state index contributed by atoms with van der Waals surface area (Å²) in [6.07, 6.45) is 7.34. The highest BCUT2D eigenvalue weighted by atomic mass is 16.2. The van der Waals surface area contributed by atoms with Crippen molar-refractivity contribution < 1.29 is 9.59 Å². The van der Waals surface area contributed by atoms with E-state index >= 15 is 0 Å². The van der Waals surface area contributed by atoms with Crippen LogP contribution in [0.25, 0.3) is 0 Å². The second-order valence-electron chi connectivity index (χ2n) is 5.23. The van der Waals surface area contributed by atoms with Gasteiger partial charge in [0.2, 0.25) is 5.91 Å². The van der Waals surface area contributed by atoms with Crippen LogP contribution in [-0.4, -0.2) is 27.9 Å². The molecule has 2 atom stereocenters. The van der Waals surface area contributed by atoms with Crippen LogP contribution in [0.2, 0.25) is 0 Å². The van der Waals surface area contributed by atoms with E-state index in [4.69, 9.17) is 0 Å². The number of aromatic nitrogens is 1. The van der Waals surface area contributed by atoms with Gasteiger partial charge in [-0.2, -0.15) is 0 Å². The Bertz CT molecular complexity index is 489. The molecule has 19 heavy (non-hydrogen) atoms. The molecule has 2 fully saturated rings. The number of amides is 3. The van der Waals surface area contributed by atoms with E-state index in [1.165, 1.54) is 4.90 Å². The summed E-state index contributed by atoms with van der Waals surface area (Å²) >= 11 is 0. The normalized spacial score (nSPS) is 26.8. The van der Waals surface area contributed by atoms with Gasteiger partial charge < -0.3 is 5.32 Å². The second-order valence-corrected chi connectivity index (χ2v) is 5.23. The van der Waals surface area contributed by atoms with Gasteiger partial charge in [0.1, 0.15) is 0 Å². The average Bonchev–Trinajstić information content (AvgIpc) is 2.45. The van der Waals surface area contributed by atoms with Crippen molar-refractivity contribution >= 4 is 11.9 Å². The van der Waals surface area contributed by atoms with Crippen molar-refractivity contribution in [1.29, 1.82) is 0 Å². The maximum absolute atomic E-state index is 12.4. The third-order valence-corrected chi connectivity index (χ3v) is 3.97. The van der Waals surface area contributed by atoms with Crippen LogP contribution >= 0.6 is 0 Å². The molecule has 2 heterocycles. The maximum atomic E-state index is 12.4. The number of hydrogen-bond donors (Lipinski definition) is 1. The Labute approximate surface area is 112 Å². The van der Waals surface area contributed by atoms with Crippen molar-refractivity contribution in [3.05, 3.63) is 30.1 Å². The average molecular weight is 259 g/mol. The third-order valence-electron chi connectivity index (χ3n) is 3.97. The predicted octanol–water partition coefficient (Wildman–Crippen LogP) is 1.69. The van der Waals surface area contributed by atoms with Gasteiger partial charge in [0.05, 0.1) is 12.5 Å². The first kappa shape index (κ1) is 12.1. The fourth-order valence-corrected chi connectivity index (χ4v) is 2.96. The molecule has 3 rings (SSSR count). The van der Waals surface area contributed by atoms with Crippen LogP contribution < -0.4 is 5.32 Å². The minimum Gasteiger partial charge on any atom is -0.334 e. The monoisotopic (exact) mass is 259 g/mol. The number of nitrogens with one attached hydrogen (secondary N) is 1. The summed E-state index contributed by atoms with van der Waals surface area (Å²) in [4.78, 5) is 29.8. The summed E-state index contributed by atoms with van der Waals surface area (Å²) in [6, 6.07) is 3.46. The Hall–Kier alpha value is -1.91. The molecule has 1 aliphatic heterocycles. The molecule has 3 amide bonds. The fourth-order valence-electron chi connectivity index (χ4n) is 2.96. The summed E-state index contributed by atoms with van der Waals surface area (Å²) in [5.41, 5.74) is 0.875. The second kappa shape index (κ2) is 4.99. The first-order chi connectivity index (χ1) is 9.25. The van der Waals surface area contributed by atoms with Crippen molar-refractivity contribution in [2.75, 3.05) is 0 Å². The topological polar surface area (TPSA) is 62.3 Å². The number of fused-ring (bicyclic) bond motifs is 1. The van der Waals surface area contributed by atoms with Crippen LogP contribution in [0.1, 0.15) is 31.2 Å². The van der Waals surface area contributed by atoms with Crippen LogP contribution in [0.3, 0.4) is 0 Å². The molecule has 0 spiro atoms. The number of carbonyl (C=O) groups is 2. The molecule has 1 aliphatic carbocycles. The van der Waals surface area contributed by atoms with E-state index in [1.54, 1.807) is 12.4 Å². The number of hydrogen-bond acceptors (Lipinski definition) is 3. The van der Waals surface area contributed by atoms with Crippen LogP contribution in [0.5, 0.6) is 0 Å². The molecule has 0 aromatic carbocycles. The molecule has 1 saturated carbocycles. The van der Waals surface area contributed by atoms with Crippen molar-refractivity contribution in [2.45, 2.75) is 38.3 Å². The van der Waals surface area contributed by atoms with E-state index in [1.807, 2.05) is 12.1 Å². The number of pyridine rings is 1. The van der Waals surface area contributed by atoms with E-state index in [-0.39, 0.29) is 23.9 Å². The van der Waals surface area contributed by atoms with Crippen molar-refractivity contribution in [3.63, 3.8) is 0 Å². The van der Waals surface area contributed by atoms with E-state index < -0.39 is 0 Å². The Morgan fingerprint density at radius 2 is 2.16 bits per heavy atom. The summed E-state index contributed by atoms with van der Waals surface area (Å²) in [6.45, 7) is 0.307. The van der Waals surface area contributed by atoms with Crippen LogP contribution in [0.4, 0.5) is 4.79 Å². The molecule has 5 heteroatoms. The quantitative estimate of drug-likeness (QED) is 0.879. The smallest absolute Gasteiger partial charge is 0.324 e. The molecule has 1 N–H and O–H groups in total. The number of carbonyl (C=O) groups excluding carboxylic acids is 2. The lowest BCUT2D eigenvalue weighted by atomic mass is 9.82. The first-order valence-corrected chi connectivity index (χ1v) is 6.76. The molecule has 1 saturated heterocycles. The molecular weight excluding hydrogens is 242 g/mol. The number of rotatable bonds is 2. The largest absolute Gasteiger partial charge is 0.334 e. The Kier molecular flexibility index (Phi) is 3.19. The molecule has 2 aliphatic rings. The zero-order chi connectivity index (χ0) is 13.2. The summed E-state index contributed by atoms with van der Waals surface area (Å²) in [5.74, 6) is -0.0691. The van der Waals surface area contributed by atoms with Crippen molar-refractivity contribution in [2.24, 2.45) is 5.92 Å². The van der Waals surface area contributed by atoms with E-state index in [2.05, 4.69) is 10.3 Å². The lowest BCUT2D eigenvalue weighted by Gasteiger charge is -2.39. The van der Waals surface area contributed by atoms with Crippen molar-refractivity contribution in [3.8, 4) is 0 Å². The Morgan fingerprint density at radius 1 is 1.32 bits per heavy atom. The third kappa shape index (κ3) is 2.32. The highest BCUT2D eigenvalue weighted by Crippen LogP contribution is 2.29. The van der Waals surface area contributed by atoms with Gasteiger partial charge in [0, 0.05) is 18.4 Å². The molecule has 1 aromatic rings. The fraction of sp³-hybridized carbons (Fsp3) is 0.500. The maximum Gasteiger partial charge on any atom is 0.324 e. The predicted molar refractivity (Wildman–Crippen MR) is 69.1 cm³/mol.